The first-order valence-corrected chi connectivity index (χ1v) is 11.7. The first-order valence-electron chi connectivity index (χ1n) is 11.3. The standard InChI is InChI=1S/C24H28ClF3N6O/c1-15-21(25)16(2)34-22(29-15)19-12-33(13-20(19)30-34)23(35)18-8-6-5-7-17(18)11-32(10-9-31(3)4)14-24(26,27)28/h5-8H,9-14H2,1-4H3. The zero-order chi connectivity index (χ0) is 25.5. The van der Waals surface area contributed by atoms with Crippen LogP contribution in [0.5, 0.6) is 0 Å². The first kappa shape index (κ1) is 25.4. The number of aromatic nitrogens is 3. The molecular weight excluding hydrogens is 481 g/mol. The fourth-order valence-corrected chi connectivity index (χ4v) is 4.47. The molecule has 1 amide bonds. The summed E-state index contributed by atoms with van der Waals surface area (Å²) >= 11 is 6.31. The molecule has 1 aliphatic rings. The Hall–Kier alpha value is -2.69. The highest BCUT2D eigenvalue weighted by molar-refractivity contribution is 6.31. The minimum atomic E-state index is -4.33. The number of hydrogen-bond acceptors (Lipinski definition) is 5. The Morgan fingerprint density at radius 1 is 1.14 bits per heavy atom. The van der Waals surface area contributed by atoms with Crippen LogP contribution < -0.4 is 0 Å². The van der Waals surface area contributed by atoms with Gasteiger partial charge in [0.2, 0.25) is 0 Å². The molecule has 35 heavy (non-hydrogen) atoms. The van der Waals surface area contributed by atoms with E-state index >= 15 is 0 Å². The van der Waals surface area contributed by atoms with Gasteiger partial charge in [0.25, 0.3) is 5.91 Å². The summed E-state index contributed by atoms with van der Waals surface area (Å²) in [6.45, 7) is 4.01. The van der Waals surface area contributed by atoms with Gasteiger partial charge in [0.1, 0.15) is 0 Å². The predicted molar refractivity (Wildman–Crippen MR) is 127 cm³/mol. The summed E-state index contributed by atoms with van der Waals surface area (Å²) in [5, 5.41) is 5.16. The van der Waals surface area contributed by atoms with Crippen molar-refractivity contribution in [3.05, 3.63) is 63.1 Å². The molecule has 0 spiro atoms. The van der Waals surface area contributed by atoms with Crippen molar-refractivity contribution in [1.82, 2.24) is 29.3 Å². The smallest absolute Gasteiger partial charge is 0.328 e. The van der Waals surface area contributed by atoms with Gasteiger partial charge in [-0.25, -0.2) is 9.50 Å². The molecule has 11 heteroatoms. The maximum Gasteiger partial charge on any atom is 0.401 e. The number of halogens is 4. The van der Waals surface area contributed by atoms with Crippen molar-refractivity contribution >= 4 is 23.2 Å². The van der Waals surface area contributed by atoms with Gasteiger partial charge in [0, 0.05) is 30.8 Å². The molecule has 0 aliphatic carbocycles. The molecule has 0 saturated carbocycles. The first-order chi connectivity index (χ1) is 16.4. The second-order valence-electron chi connectivity index (χ2n) is 9.20. The van der Waals surface area contributed by atoms with Crippen LogP contribution in [0.1, 0.15) is 38.6 Å². The van der Waals surface area contributed by atoms with Crippen molar-refractivity contribution in [3.8, 4) is 0 Å². The predicted octanol–water partition coefficient (Wildman–Crippen LogP) is 4.08. The molecule has 0 fully saturated rings. The number of nitrogens with zero attached hydrogens (tertiary/aromatic N) is 6. The van der Waals surface area contributed by atoms with E-state index in [9.17, 15) is 18.0 Å². The van der Waals surface area contributed by atoms with Crippen molar-refractivity contribution in [1.29, 1.82) is 0 Å². The van der Waals surface area contributed by atoms with Crippen molar-refractivity contribution in [2.24, 2.45) is 0 Å². The van der Waals surface area contributed by atoms with Gasteiger partial charge in [-0.1, -0.05) is 29.8 Å². The number of carbonyl (C=O) groups is 1. The summed E-state index contributed by atoms with van der Waals surface area (Å²) in [6, 6.07) is 6.86. The summed E-state index contributed by atoms with van der Waals surface area (Å²) < 4.78 is 41.3. The lowest BCUT2D eigenvalue weighted by Gasteiger charge is -2.26. The normalized spacial score (nSPS) is 13.9. The maximum atomic E-state index is 13.5. The second-order valence-corrected chi connectivity index (χ2v) is 9.58. The van der Waals surface area contributed by atoms with Crippen LogP contribution in [0.25, 0.3) is 5.65 Å². The Balaban J connectivity index is 1.57. The number of likely N-dealkylation sites (N-methyl/N-ethyl adjacent to an activating group) is 1. The quantitative estimate of drug-likeness (QED) is 0.481. The van der Waals surface area contributed by atoms with E-state index in [0.717, 1.165) is 17.0 Å². The van der Waals surface area contributed by atoms with Crippen LogP contribution >= 0.6 is 11.6 Å². The Labute approximate surface area is 207 Å². The fourth-order valence-electron chi connectivity index (χ4n) is 4.34. The zero-order valence-corrected chi connectivity index (χ0v) is 20.9. The van der Waals surface area contributed by atoms with Crippen molar-refractivity contribution < 1.29 is 18.0 Å². The average Bonchev–Trinajstić information content (AvgIpc) is 3.34. The van der Waals surface area contributed by atoms with Crippen LogP contribution in [0.4, 0.5) is 13.2 Å². The van der Waals surface area contributed by atoms with Crippen molar-refractivity contribution in [2.45, 2.75) is 39.7 Å². The van der Waals surface area contributed by atoms with E-state index in [0.29, 0.717) is 47.1 Å². The highest BCUT2D eigenvalue weighted by Gasteiger charge is 2.33. The minimum Gasteiger partial charge on any atom is -0.328 e. The lowest BCUT2D eigenvalue weighted by atomic mass is 10.1. The van der Waals surface area contributed by atoms with Gasteiger partial charge in [-0.15, -0.1) is 0 Å². The van der Waals surface area contributed by atoms with Gasteiger partial charge in [-0.3, -0.25) is 9.69 Å². The van der Waals surface area contributed by atoms with Crippen LogP contribution in [0, 0.1) is 13.8 Å². The van der Waals surface area contributed by atoms with Crippen LogP contribution in [-0.4, -0.2) is 75.1 Å². The van der Waals surface area contributed by atoms with E-state index in [2.05, 4.69) is 10.1 Å². The molecule has 1 aliphatic heterocycles. The second kappa shape index (κ2) is 9.75. The van der Waals surface area contributed by atoms with Gasteiger partial charge < -0.3 is 9.80 Å². The molecule has 0 radical (unpaired) electrons. The Morgan fingerprint density at radius 2 is 1.86 bits per heavy atom. The molecule has 4 rings (SSSR count). The van der Waals surface area contributed by atoms with Gasteiger partial charge in [-0.2, -0.15) is 18.3 Å². The highest BCUT2D eigenvalue weighted by Crippen LogP contribution is 2.30. The molecule has 1 aromatic carbocycles. The molecule has 7 nitrogen and oxygen atoms in total. The summed E-state index contributed by atoms with van der Waals surface area (Å²) in [6.07, 6.45) is -4.33. The SMILES string of the molecule is Cc1nc2c3c(nn2c(C)c1Cl)CN(C(=O)c1ccccc1CN(CCN(C)C)CC(F)(F)F)C3. The molecule has 0 unspecified atom stereocenters. The highest BCUT2D eigenvalue weighted by atomic mass is 35.5. The van der Waals surface area contributed by atoms with E-state index in [1.807, 2.05) is 32.8 Å². The van der Waals surface area contributed by atoms with Gasteiger partial charge in [0.15, 0.2) is 5.65 Å². The van der Waals surface area contributed by atoms with E-state index in [4.69, 9.17) is 11.6 Å². The molecule has 0 atom stereocenters. The molecular formula is C24H28ClF3N6O. The third-order valence-corrected chi connectivity index (χ3v) is 6.70. The molecule has 2 aromatic heterocycles. The number of benzene rings is 1. The van der Waals surface area contributed by atoms with E-state index in [1.54, 1.807) is 33.7 Å². The number of fused-ring (bicyclic) bond motifs is 3. The van der Waals surface area contributed by atoms with Crippen LogP contribution in [0.3, 0.4) is 0 Å². The summed E-state index contributed by atoms with van der Waals surface area (Å²) in [5.74, 6) is -0.237. The zero-order valence-electron chi connectivity index (χ0n) is 20.2. The monoisotopic (exact) mass is 508 g/mol. The van der Waals surface area contributed by atoms with Crippen LogP contribution in [-0.2, 0) is 19.6 Å². The fraction of sp³-hybridized carbons (Fsp3) is 0.458. The van der Waals surface area contributed by atoms with Crippen LogP contribution in [0.2, 0.25) is 5.02 Å². The average molecular weight is 509 g/mol. The third kappa shape index (κ3) is 5.44. The Kier molecular flexibility index (Phi) is 7.08. The lowest BCUT2D eigenvalue weighted by molar-refractivity contribution is -0.147. The minimum absolute atomic E-state index is 0.0255. The van der Waals surface area contributed by atoms with Crippen molar-refractivity contribution in [2.75, 3.05) is 33.7 Å². The van der Waals surface area contributed by atoms with Gasteiger partial charge in [0.05, 0.1) is 41.7 Å². The molecule has 0 N–H and O–H groups in total. The summed E-state index contributed by atoms with van der Waals surface area (Å²) in [4.78, 5) is 22.9. The lowest BCUT2D eigenvalue weighted by Crippen LogP contribution is -2.38. The third-order valence-electron chi connectivity index (χ3n) is 6.15. The van der Waals surface area contributed by atoms with Crippen molar-refractivity contribution in [3.63, 3.8) is 0 Å². The molecule has 3 heterocycles. The van der Waals surface area contributed by atoms with Crippen LogP contribution in [0.15, 0.2) is 24.3 Å². The number of carbonyl (C=O) groups excluding carboxylic acids is 1. The van der Waals surface area contributed by atoms with Gasteiger partial charge >= 0.3 is 6.18 Å². The Bertz CT molecular complexity index is 1260. The number of amides is 1. The molecule has 3 aromatic rings. The van der Waals surface area contributed by atoms with E-state index in [1.165, 1.54) is 4.90 Å². The summed E-state index contributed by atoms with van der Waals surface area (Å²) in [5.41, 5.74) is 4.72. The van der Waals surface area contributed by atoms with Gasteiger partial charge in [-0.05, 0) is 39.6 Å². The molecule has 188 valence electrons. The van der Waals surface area contributed by atoms with E-state index < -0.39 is 12.7 Å². The number of rotatable bonds is 7. The number of hydrogen-bond donors (Lipinski definition) is 0. The number of aryl methyl sites for hydroxylation is 2. The molecule has 0 bridgehead atoms. The largest absolute Gasteiger partial charge is 0.401 e. The summed E-state index contributed by atoms with van der Waals surface area (Å²) in [7, 11) is 3.63. The Morgan fingerprint density at radius 3 is 2.54 bits per heavy atom. The topological polar surface area (TPSA) is 57.0 Å². The number of alkyl halides is 3. The molecule has 0 saturated heterocycles. The van der Waals surface area contributed by atoms with E-state index in [-0.39, 0.29) is 19.0 Å². The maximum absolute atomic E-state index is 13.5.